The van der Waals surface area contributed by atoms with Gasteiger partial charge >= 0.3 is 0 Å². The number of rotatable bonds is 7. The molecule has 1 aromatic carbocycles. The monoisotopic (exact) mass is 275 g/mol. The van der Waals surface area contributed by atoms with Crippen molar-refractivity contribution in [2.75, 3.05) is 13.2 Å². The van der Waals surface area contributed by atoms with E-state index in [1.54, 1.807) is 0 Å². The fraction of sp³-hybridized carbons (Fsp3) is 0.529. The fourth-order valence-corrected chi connectivity index (χ4v) is 2.35. The van der Waals surface area contributed by atoms with E-state index in [1.165, 1.54) is 5.56 Å². The molecule has 1 aliphatic rings. The molecule has 1 aromatic rings. The highest BCUT2D eigenvalue weighted by molar-refractivity contribution is 5.34. The molecule has 0 aliphatic carbocycles. The Balaban J connectivity index is 2.18. The summed E-state index contributed by atoms with van der Waals surface area (Å²) in [5.41, 5.74) is 1.20. The van der Waals surface area contributed by atoms with Crippen molar-refractivity contribution in [2.45, 2.75) is 45.8 Å². The van der Waals surface area contributed by atoms with Crippen LogP contribution in [0.5, 0.6) is 5.75 Å². The minimum atomic E-state index is 0.133. The van der Waals surface area contributed by atoms with Crippen LogP contribution in [0.25, 0.3) is 0 Å². The average molecular weight is 275 g/mol. The topological polar surface area (TPSA) is 30.5 Å². The second-order valence-electron chi connectivity index (χ2n) is 5.37. The maximum absolute atomic E-state index is 5.78. The highest BCUT2D eigenvalue weighted by Gasteiger charge is 2.20. The third kappa shape index (κ3) is 4.01. The van der Waals surface area contributed by atoms with Gasteiger partial charge in [-0.2, -0.15) is 0 Å². The van der Waals surface area contributed by atoms with Gasteiger partial charge in [-0.25, -0.2) is 0 Å². The lowest BCUT2D eigenvalue weighted by atomic mass is 10.0. The van der Waals surface area contributed by atoms with Gasteiger partial charge in [-0.1, -0.05) is 19.1 Å². The van der Waals surface area contributed by atoms with Crippen LogP contribution in [0, 0.1) is 0 Å². The number of hydrogen-bond donors (Lipinski definition) is 1. The van der Waals surface area contributed by atoms with Crippen LogP contribution in [0.15, 0.2) is 36.1 Å². The Labute approximate surface area is 122 Å². The summed E-state index contributed by atoms with van der Waals surface area (Å²) >= 11 is 0. The normalized spacial score (nSPS) is 15.9. The van der Waals surface area contributed by atoms with Crippen molar-refractivity contribution in [1.82, 2.24) is 5.32 Å². The van der Waals surface area contributed by atoms with Crippen LogP contribution in [-0.4, -0.2) is 19.3 Å². The molecule has 110 valence electrons. The van der Waals surface area contributed by atoms with Gasteiger partial charge in [0, 0.05) is 6.42 Å². The zero-order valence-corrected chi connectivity index (χ0v) is 12.7. The Morgan fingerprint density at radius 3 is 2.85 bits per heavy atom. The SMILES string of the molecule is CCCNC(C1=CCCO1)c1cccc(OC(C)C)c1. The van der Waals surface area contributed by atoms with Crippen LogP contribution in [0.4, 0.5) is 0 Å². The first-order valence-electron chi connectivity index (χ1n) is 7.53. The van der Waals surface area contributed by atoms with Gasteiger partial charge in [0.05, 0.1) is 18.8 Å². The minimum Gasteiger partial charge on any atom is -0.496 e. The van der Waals surface area contributed by atoms with E-state index in [2.05, 4.69) is 30.4 Å². The van der Waals surface area contributed by atoms with Gasteiger partial charge in [0.2, 0.25) is 0 Å². The molecule has 0 radical (unpaired) electrons. The standard InChI is InChI=1S/C17H25NO2/c1-4-10-18-17(16-9-6-11-19-16)14-7-5-8-15(12-14)20-13(2)3/h5,7-9,12-13,17-18H,4,6,10-11H2,1-3H3. The van der Waals surface area contributed by atoms with Crippen LogP contribution >= 0.6 is 0 Å². The Morgan fingerprint density at radius 1 is 1.35 bits per heavy atom. The molecule has 20 heavy (non-hydrogen) atoms. The number of ether oxygens (including phenoxy) is 2. The van der Waals surface area contributed by atoms with Crippen LogP contribution in [0.1, 0.15) is 45.2 Å². The van der Waals surface area contributed by atoms with Crippen molar-refractivity contribution >= 4 is 0 Å². The van der Waals surface area contributed by atoms with E-state index < -0.39 is 0 Å². The lowest BCUT2D eigenvalue weighted by Crippen LogP contribution is -2.24. The molecular weight excluding hydrogens is 250 g/mol. The molecule has 3 heteroatoms. The van der Waals surface area contributed by atoms with Crippen molar-refractivity contribution in [1.29, 1.82) is 0 Å². The van der Waals surface area contributed by atoms with Crippen molar-refractivity contribution in [3.63, 3.8) is 0 Å². The molecule has 0 saturated heterocycles. The first-order valence-corrected chi connectivity index (χ1v) is 7.53. The molecule has 1 N–H and O–H groups in total. The van der Waals surface area contributed by atoms with Crippen molar-refractivity contribution in [2.24, 2.45) is 0 Å². The molecule has 0 saturated carbocycles. The van der Waals surface area contributed by atoms with Crippen LogP contribution in [0.2, 0.25) is 0 Å². The summed E-state index contributed by atoms with van der Waals surface area (Å²) in [5.74, 6) is 1.96. The maximum Gasteiger partial charge on any atom is 0.120 e. The number of hydrogen-bond acceptors (Lipinski definition) is 3. The highest BCUT2D eigenvalue weighted by Crippen LogP contribution is 2.29. The van der Waals surface area contributed by atoms with Gasteiger partial charge in [0.1, 0.15) is 11.5 Å². The lowest BCUT2D eigenvalue weighted by molar-refractivity contribution is 0.214. The van der Waals surface area contributed by atoms with Gasteiger partial charge < -0.3 is 14.8 Å². The summed E-state index contributed by atoms with van der Waals surface area (Å²) in [6, 6.07) is 8.42. The Hall–Kier alpha value is -1.48. The molecule has 1 aliphatic heterocycles. The molecule has 1 heterocycles. The van der Waals surface area contributed by atoms with Gasteiger partial charge in [0.25, 0.3) is 0 Å². The average Bonchev–Trinajstić information content (AvgIpc) is 2.93. The number of nitrogens with one attached hydrogen (secondary N) is 1. The second kappa shape index (κ2) is 7.34. The van der Waals surface area contributed by atoms with Crippen LogP contribution in [-0.2, 0) is 4.74 Å². The predicted octanol–water partition coefficient (Wildman–Crippen LogP) is 3.82. The van der Waals surface area contributed by atoms with Gasteiger partial charge in [-0.3, -0.25) is 0 Å². The molecule has 2 rings (SSSR count). The van der Waals surface area contributed by atoms with E-state index in [1.807, 2.05) is 26.0 Å². The summed E-state index contributed by atoms with van der Waals surface area (Å²) in [4.78, 5) is 0. The maximum atomic E-state index is 5.78. The number of benzene rings is 1. The largest absolute Gasteiger partial charge is 0.496 e. The van der Waals surface area contributed by atoms with Gasteiger partial charge in [-0.05, 0) is 50.6 Å². The van der Waals surface area contributed by atoms with Crippen molar-refractivity contribution in [3.05, 3.63) is 41.7 Å². The van der Waals surface area contributed by atoms with E-state index in [0.29, 0.717) is 0 Å². The lowest BCUT2D eigenvalue weighted by Gasteiger charge is -2.21. The molecule has 1 unspecified atom stereocenters. The quantitative estimate of drug-likeness (QED) is 0.820. The van der Waals surface area contributed by atoms with Crippen LogP contribution in [0.3, 0.4) is 0 Å². The van der Waals surface area contributed by atoms with E-state index >= 15 is 0 Å². The van der Waals surface area contributed by atoms with E-state index in [9.17, 15) is 0 Å². The van der Waals surface area contributed by atoms with Crippen molar-refractivity contribution in [3.8, 4) is 5.75 Å². The molecule has 0 bridgehead atoms. The van der Waals surface area contributed by atoms with Gasteiger partial charge in [-0.15, -0.1) is 0 Å². The third-order valence-electron chi connectivity index (χ3n) is 3.18. The van der Waals surface area contributed by atoms with E-state index in [4.69, 9.17) is 9.47 Å². The first-order chi connectivity index (χ1) is 9.70. The van der Waals surface area contributed by atoms with E-state index in [-0.39, 0.29) is 12.1 Å². The smallest absolute Gasteiger partial charge is 0.120 e. The summed E-state index contributed by atoms with van der Waals surface area (Å²) in [6.07, 6.45) is 4.48. The van der Waals surface area contributed by atoms with Gasteiger partial charge in [0.15, 0.2) is 0 Å². The Morgan fingerprint density at radius 2 is 2.20 bits per heavy atom. The summed E-state index contributed by atoms with van der Waals surface area (Å²) in [6.45, 7) is 8.03. The molecule has 1 atom stereocenters. The highest BCUT2D eigenvalue weighted by atomic mass is 16.5. The summed E-state index contributed by atoms with van der Waals surface area (Å²) < 4.78 is 11.5. The third-order valence-corrected chi connectivity index (χ3v) is 3.18. The molecular formula is C17H25NO2. The molecule has 0 fully saturated rings. The minimum absolute atomic E-state index is 0.133. The van der Waals surface area contributed by atoms with E-state index in [0.717, 1.165) is 37.5 Å². The van der Waals surface area contributed by atoms with Crippen molar-refractivity contribution < 1.29 is 9.47 Å². The molecule has 3 nitrogen and oxygen atoms in total. The zero-order valence-electron chi connectivity index (χ0n) is 12.7. The fourth-order valence-electron chi connectivity index (χ4n) is 2.35. The Bertz CT molecular complexity index is 454. The predicted molar refractivity (Wildman–Crippen MR) is 81.9 cm³/mol. The molecule has 0 aromatic heterocycles. The second-order valence-corrected chi connectivity index (χ2v) is 5.37. The zero-order chi connectivity index (χ0) is 14.4. The Kier molecular flexibility index (Phi) is 5.48. The molecule has 0 spiro atoms. The summed E-state index contributed by atoms with van der Waals surface area (Å²) in [7, 11) is 0. The molecule has 0 amide bonds. The van der Waals surface area contributed by atoms with Crippen LogP contribution < -0.4 is 10.1 Å². The summed E-state index contributed by atoms with van der Waals surface area (Å²) in [5, 5.41) is 3.56. The first kappa shape index (κ1) is 14.9.